The van der Waals surface area contributed by atoms with E-state index in [4.69, 9.17) is 14.2 Å². The molecule has 3 rings (SSSR count). The molecule has 1 amide bonds. The number of benzene rings is 3. The SMILES string of the molecule is CC/C(=N/NC(=O)CN(c1cccc(OC)c1)S(=O)(=O)c1ccccc1)c1ccc(OC)c(OC)c1. The highest BCUT2D eigenvalue weighted by molar-refractivity contribution is 7.92. The fourth-order valence-corrected chi connectivity index (χ4v) is 4.89. The van der Waals surface area contributed by atoms with Gasteiger partial charge in [-0.2, -0.15) is 5.10 Å². The summed E-state index contributed by atoms with van der Waals surface area (Å²) in [6.45, 7) is 1.40. The lowest BCUT2D eigenvalue weighted by molar-refractivity contribution is -0.119. The summed E-state index contributed by atoms with van der Waals surface area (Å²) in [7, 11) is 0.514. The predicted octanol–water partition coefficient (Wildman–Crippen LogP) is 3.84. The molecule has 0 aliphatic rings. The second kappa shape index (κ2) is 12.1. The van der Waals surface area contributed by atoms with Crippen LogP contribution in [-0.2, 0) is 14.8 Å². The Kier molecular flexibility index (Phi) is 8.91. The summed E-state index contributed by atoms with van der Waals surface area (Å²) in [6.07, 6.45) is 0.512. The van der Waals surface area contributed by atoms with Crippen LogP contribution in [0.25, 0.3) is 0 Å². The fourth-order valence-electron chi connectivity index (χ4n) is 3.46. The molecule has 9 nitrogen and oxygen atoms in total. The second-order valence-electron chi connectivity index (χ2n) is 7.54. The van der Waals surface area contributed by atoms with Gasteiger partial charge in [-0.15, -0.1) is 0 Å². The van der Waals surface area contributed by atoms with Crippen molar-refractivity contribution < 1.29 is 27.4 Å². The second-order valence-corrected chi connectivity index (χ2v) is 9.41. The van der Waals surface area contributed by atoms with Gasteiger partial charge in [0, 0.05) is 11.6 Å². The zero-order chi connectivity index (χ0) is 26.1. The molecular formula is C26H29N3O6S. The Bertz CT molecular complexity index is 1330. The molecule has 3 aromatic carbocycles. The lowest BCUT2D eigenvalue weighted by Gasteiger charge is -2.24. The maximum absolute atomic E-state index is 13.5. The van der Waals surface area contributed by atoms with E-state index in [1.165, 1.54) is 26.4 Å². The van der Waals surface area contributed by atoms with Gasteiger partial charge in [-0.05, 0) is 48.9 Å². The normalized spacial score (nSPS) is 11.5. The van der Waals surface area contributed by atoms with Gasteiger partial charge in [-0.3, -0.25) is 9.10 Å². The summed E-state index contributed by atoms with van der Waals surface area (Å²) in [5.41, 5.74) is 4.09. The van der Waals surface area contributed by atoms with Crippen LogP contribution in [0.1, 0.15) is 18.9 Å². The average molecular weight is 512 g/mol. The first kappa shape index (κ1) is 26.6. The largest absolute Gasteiger partial charge is 0.497 e. The molecule has 0 unspecified atom stereocenters. The quantitative estimate of drug-likeness (QED) is 0.310. The van der Waals surface area contributed by atoms with E-state index in [1.54, 1.807) is 67.8 Å². The van der Waals surface area contributed by atoms with Gasteiger partial charge in [0.25, 0.3) is 15.9 Å². The van der Waals surface area contributed by atoms with Gasteiger partial charge in [0.1, 0.15) is 12.3 Å². The third-order valence-corrected chi connectivity index (χ3v) is 7.12. The van der Waals surface area contributed by atoms with Crippen LogP contribution in [0.2, 0.25) is 0 Å². The summed E-state index contributed by atoms with van der Waals surface area (Å²) in [5, 5.41) is 4.25. The van der Waals surface area contributed by atoms with Crippen LogP contribution in [0.4, 0.5) is 5.69 Å². The number of ether oxygens (including phenoxy) is 3. The van der Waals surface area contributed by atoms with Crippen LogP contribution in [-0.4, -0.2) is 47.9 Å². The van der Waals surface area contributed by atoms with Gasteiger partial charge < -0.3 is 14.2 Å². The number of amides is 1. The number of hydrogen-bond donors (Lipinski definition) is 1. The monoisotopic (exact) mass is 511 g/mol. The highest BCUT2D eigenvalue weighted by Gasteiger charge is 2.27. The fraction of sp³-hybridized carbons (Fsp3) is 0.231. The first-order valence-electron chi connectivity index (χ1n) is 11.1. The lowest BCUT2D eigenvalue weighted by Crippen LogP contribution is -2.39. The first-order valence-corrected chi connectivity index (χ1v) is 12.6. The summed E-state index contributed by atoms with van der Waals surface area (Å²) in [5.74, 6) is 0.950. The third kappa shape index (κ3) is 6.14. The third-order valence-electron chi connectivity index (χ3n) is 5.33. The molecule has 0 heterocycles. The van der Waals surface area contributed by atoms with Crippen LogP contribution in [0.5, 0.6) is 17.2 Å². The Balaban J connectivity index is 1.90. The van der Waals surface area contributed by atoms with E-state index in [-0.39, 0.29) is 10.6 Å². The molecule has 0 radical (unpaired) electrons. The van der Waals surface area contributed by atoms with Crippen molar-refractivity contribution in [1.82, 2.24) is 5.43 Å². The number of rotatable bonds is 11. The number of sulfonamides is 1. The van der Waals surface area contributed by atoms with Crippen molar-refractivity contribution in [3.05, 3.63) is 78.4 Å². The topological polar surface area (TPSA) is 107 Å². The molecule has 0 aliphatic heterocycles. The van der Waals surface area contributed by atoms with E-state index >= 15 is 0 Å². The Morgan fingerprint density at radius 2 is 1.61 bits per heavy atom. The van der Waals surface area contributed by atoms with Crippen molar-refractivity contribution in [3.8, 4) is 17.2 Å². The summed E-state index contributed by atoms with van der Waals surface area (Å²) >= 11 is 0. The molecule has 190 valence electrons. The molecule has 0 saturated heterocycles. The highest BCUT2D eigenvalue weighted by atomic mass is 32.2. The van der Waals surface area contributed by atoms with Crippen LogP contribution < -0.4 is 23.9 Å². The molecule has 36 heavy (non-hydrogen) atoms. The molecule has 0 bridgehead atoms. The van der Waals surface area contributed by atoms with E-state index in [0.717, 1.165) is 9.87 Å². The first-order chi connectivity index (χ1) is 17.3. The number of hydrazone groups is 1. The summed E-state index contributed by atoms with van der Waals surface area (Å²) in [4.78, 5) is 13.0. The minimum Gasteiger partial charge on any atom is -0.497 e. The number of methoxy groups -OCH3 is 3. The smallest absolute Gasteiger partial charge is 0.264 e. The average Bonchev–Trinajstić information content (AvgIpc) is 2.92. The molecule has 0 aliphatic carbocycles. The molecule has 0 atom stereocenters. The van der Waals surface area contributed by atoms with Crippen molar-refractivity contribution in [1.29, 1.82) is 0 Å². The standard InChI is InChI=1S/C26H29N3O6S/c1-5-23(19-14-15-24(34-3)25(16-19)35-4)27-28-26(30)18-29(20-10-9-11-21(17-20)33-2)36(31,32)22-12-7-6-8-13-22/h6-17H,5,18H2,1-4H3,(H,28,30)/b27-23-. The van der Waals surface area contributed by atoms with Crippen LogP contribution >= 0.6 is 0 Å². The number of carbonyl (C=O) groups excluding carboxylic acids is 1. The van der Waals surface area contributed by atoms with Gasteiger partial charge in [-0.1, -0.05) is 31.2 Å². The van der Waals surface area contributed by atoms with Gasteiger partial charge >= 0.3 is 0 Å². The minimum atomic E-state index is -4.05. The van der Waals surface area contributed by atoms with Crippen LogP contribution in [0.3, 0.4) is 0 Å². The van der Waals surface area contributed by atoms with E-state index < -0.39 is 22.5 Å². The van der Waals surface area contributed by atoms with Gasteiger partial charge in [0.2, 0.25) is 0 Å². The molecule has 0 spiro atoms. The van der Waals surface area contributed by atoms with E-state index in [2.05, 4.69) is 10.5 Å². The number of anilines is 1. The molecule has 0 aromatic heterocycles. The van der Waals surface area contributed by atoms with Crippen molar-refractivity contribution in [2.75, 3.05) is 32.2 Å². The zero-order valence-corrected chi connectivity index (χ0v) is 21.4. The minimum absolute atomic E-state index is 0.0590. The summed E-state index contributed by atoms with van der Waals surface area (Å²) in [6, 6.07) is 19.7. The molecule has 1 N–H and O–H groups in total. The number of nitrogens with one attached hydrogen (secondary N) is 1. The zero-order valence-electron chi connectivity index (χ0n) is 20.6. The molecule has 0 fully saturated rings. The Morgan fingerprint density at radius 1 is 0.889 bits per heavy atom. The van der Waals surface area contributed by atoms with Crippen LogP contribution in [0.15, 0.2) is 82.8 Å². The van der Waals surface area contributed by atoms with E-state index in [0.29, 0.717) is 29.4 Å². The van der Waals surface area contributed by atoms with E-state index in [9.17, 15) is 13.2 Å². The number of carbonyl (C=O) groups is 1. The molecule has 10 heteroatoms. The maximum Gasteiger partial charge on any atom is 0.264 e. The van der Waals surface area contributed by atoms with Crippen molar-refractivity contribution in [2.24, 2.45) is 5.10 Å². The predicted molar refractivity (Wildman–Crippen MR) is 138 cm³/mol. The Morgan fingerprint density at radius 3 is 2.25 bits per heavy atom. The Hall–Kier alpha value is -4.05. The molecular weight excluding hydrogens is 482 g/mol. The van der Waals surface area contributed by atoms with Crippen molar-refractivity contribution >= 4 is 27.3 Å². The van der Waals surface area contributed by atoms with Gasteiger partial charge in [0.05, 0.1) is 37.6 Å². The van der Waals surface area contributed by atoms with Gasteiger partial charge in [0.15, 0.2) is 11.5 Å². The lowest BCUT2D eigenvalue weighted by atomic mass is 10.1. The number of nitrogens with zero attached hydrogens (tertiary/aromatic N) is 2. The summed E-state index contributed by atoms with van der Waals surface area (Å²) < 4.78 is 43.8. The highest BCUT2D eigenvalue weighted by Crippen LogP contribution is 2.29. The van der Waals surface area contributed by atoms with E-state index in [1.807, 2.05) is 6.92 Å². The maximum atomic E-state index is 13.5. The van der Waals surface area contributed by atoms with Gasteiger partial charge in [-0.25, -0.2) is 13.8 Å². The van der Waals surface area contributed by atoms with Crippen molar-refractivity contribution in [2.45, 2.75) is 18.2 Å². The van der Waals surface area contributed by atoms with Crippen LogP contribution in [0, 0.1) is 0 Å². The Labute approximate surface area is 211 Å². The number of hydrogen-bond acceptors (Lipinski definition) is 7. The molecule has 3 aromatic rings. The van der Waals surface area contributed by atoms with Crippen molar-refractivity contribution in [3.63, 3.8) is 0 Å². The molecule has 0 saturated carbocycles.